The molecule has 0 atom stereocenters. The third-order valence-electron chi connectivity index (χ3n) is 2.00. The molecule has 15 heavy (non-hydrogen) atoms. The second-order valence-corrected chi connectivity index (χ2v) is 6.86. The lowest BCUT2D eigenvalue weighted by molar-refractivity contribution is 0.603. The van der Waals surface area contributed by atoms with Crippen molar-refractivity contribution in [3.05, 3.63) is 23.8 Å². The molecule has 0 aromatic heterocycles. The lowest BCUT2D eigenvalue weighted by Crippen LogP contribution is -2.05. The molecule has 84 valence electrons. The zero-order chi connectivity index (χ0) is 11.5. The molecule has 0 bridgehead atoms. The van der Waals surface area contributed by atoms with E-state index in [2.05, 4.69) is 0 Å². The Hall–Kier alpha value is -0.680. The Bertz CT molecular complexity index is 441. The number of hydrogen-bond donors (Lipinski definition) is 1. The van der Waals surface area contributed by atoms with Gasteiger partial charge in [-0.15, -0.1) is 11.8 Å². The van der Waals surface area contributed by atoms with Gasteiger partial charge in [0.25, 0.3) is 0 Å². The summed E-state index contributed by atoms with van der Waals surface area (Å²) < 4.78 is 21.9. The number of anilines is 1. The van der Waals surface area contributed by atoms with Crippen LogP contribution in [0.25, 0.3) is 0 Å². The van der Waals surface area contributed by atoms with Crippen molar-refractivity contribution in [2.45, 2.75) is 11.8 Å². The molecule has 0 saturated heterocycles. The first kappa shape index (κ1) is 12.4. The summed E-state index contributed by atoms with van der Waals surface area (Å²) in [6.07, 6.45) is 1.24. The molecular weight excluding hydrogens is 230 g/mol. The minimum Gasteiger partial charge on any atom is -0.398 e. The third-order valence-corrected chi connectivity index (χ3v) is 4.28. The standard InChI is InChI=1S/C10H15NO2S2/c1-8-4-3-5-9(10(8)11)14-6-7-15(2,12)13/h3-5H,6-7,11H2,1-2H3. The van der Waals surface area contributed by atoms with Crippen LogP contribution in [-0.2, 0) is 9.84 Å². The Morgan fingerprint density at radius 2 is 2.07 bits per heavy atom. The molecule has 0 fully saturated rings. The lowest BCUT2D eigenvalue weighted by atomic mass is 10.2. The highest BCUT2D eigenvalue weighted by molar-refractivity contribution is 8.00. The molecule has 0 heterocycles. The van der Waals surface area contributed by atoms with Crippen LogP contribution in [0, 0.1) is 6.92 Å². The summed E-state index contributed by atoms with van der Waals surface area (Å²) in [5, 5.41) is 0. The number of thioether (sulfide) groups is 1. The number of sulfone groups is 1. The largest absolute Gasteiger partial charge is 0.398 e. The van der Waals surface area contributed by atoms with Gasteiger partial charge in [0, 0.05) is 22.6 Å². The van der Waals surface area contributed by atoms with E-state index in [-0.39, 0.29) is 5.75 Å². The van der Waals surface area contributed by atoms with E-state index in [9.17, 15) is 8.42 Å². The first-order valence-corrected chi connectivity index (χ1v) is 7.60. The Kier molecular flexibility index (Phi) is 4.04. The molecule has 1 aromatic rings. The molecule has 5 heteroatoms. The van der Waals surface area contributed by atoms with E-state index in [1.54, 1.807) is 0 Å². The average Bonchev–Trinajstić information content (AvgIpc) is 2.10. The van der Waals surface area contributed by atoms with Crippen LogP contribution in [0.3, 0.4) is 0 Å². The molecule has 0 aliphatic carbocycles. The summed E-state index contributed by atoms with van der Waals surface area (Å²) in [6, 6.07) is 5.78. The van der Waals surface area contributed by atoms with Gasteiger partial charge in [0.2, 0.25) is 0 Å². The summed E-state index contributed by atoms with van der Waals surface area (Å²) in [7, 11) is -2.88. The van der Waals surface area contributed by atoms with Gasteiger partial charge in [-0.25, -0.2) is 8.42 Å². The highest BCUT2D eigenvalue weighted by Crippen LogP contribution is 2.27. The number of hydrogen-bond acceptors (Lipinski definition) is 4. The average molecular weight is 245 g/mol. The zero-order valence-electron chi connectivity index (χ0n) is 8.86. The van der Waals surface area contributed by atoms with Crippen molar-refractivity contribution in [1.82, 2.24) is 0 Å². The van der Waals surface area contributed by atoms with E-state index in [1.165, 1.54) is 18.0 Å². The predicted molar refractivity (Wildman–Crippen MR) is 66.0 cm³/mol. The van der Waals surface area contributed by atoms with Gasteiger partial charge in [0.1, 0.15) is 9.84 Å². The van der Waals surface area contributed by atoms with Crippen LogP contribution in [0.1, 0.15) is 5.56 Å². The van der Waals surface area contributed by atoms with E-state index in [1.807, 2.05) is 25.1 Å². The summed E-state index contributed by atoms with van der Waals surface area (Å²) in [5.41, 5.74) is 7.64. The molecule has 0 amide bonds. The smallest absolute Gasteiger partial charge is 0.148 e. The van der Waals surface area contributed by atoms with E-state index >= 15 is 0 Å². The summed E-state index contributed by atoms with van der Waals surface area (Å²) >= 11 is 1.48. The van der Waals surface area contributed by atoms with E-state index in [0.717, 1.165) is 16.1 Å². The molecule has 1 rings (SSSR count). The molecular formula is C10H15NO2S2. The number of rotatable bonds is 4. The maximum Gasteiger partial charge on any atom is 0.148 e. The normalized spacial score (nSPS) is 11.6. The first-order chi connectivity index (χ1) is 6.90. The van der Waals surface area contributed by atoms with Crippen molar-refractivity contribution < 1.29 is 8.42 Å². The molecule has 0 saturated carbocycles. The van der Waals surface area contributed by atoms with Crippen molar-refractivity contribution >= 4 is 27.3 Å². The molecule has 3 nitrogen and oxygen atoms in total. The third kappa shape index (κ3) is 4.13. The molecule has 0 aliphatic heterocycles. The highest BCUT2D eigenvalue weighted by atomic mass is 32.2. The van der Waals surface area contributed by atoms with Crippen molar-refractivity contribution in [2.24, 2.45) is 0 Å². The lowest BCUT2D eigenvalue weighted by Gasteiger charge is -2.06. The van der Waals surface area contributed by atoms with Crippen molar-refractivity contribution in [2.75, 3.05) is 23.5 Å². The number of aryl methyl sites for hydroxylation is 1. The zero-order valence-corrected chi connectivity index (χ0v) is 10.5. The number of para-hydroxylation sites is 1. The topological polar surface area (TPSA) is 60.2 Å². The van der Waals surface area contributed by atoms with Crippen LogP contribution in [-0.4, -0.2) is 26.2 Å². The molecule has 0 aliphatic rings. The van der Waals surface area contributed by atoms with Crippen molar-refractivity contribution in [1.29, 1.82) is 0 Å². The van der Waals surface area contributed by atoms with Gasteiger partial charge >= 0.3 is 0 Å². The van der Waals surface area contributed by atoms with Gasteiger partial charge < -0.3 is 5.73 Å². The maximum absolute atomic E-state index is 10.9. The van der Waals surface area contributed by atoms with E-state index < -0.39 is 9.84 Å². The van der Waals surface area contributed by atoms with Gasteiger partial charge in [0.05, 0.1) is 5.75 Å². The monoisotopic (exact) mass is 245 g/mol. The highest BCUT2D eigenvalue weighted by Gasteiger charge is 2.05. The second kappa shape index (κ2) is 4.90. The Balaban J connectivity index is 2.62. The number of benzene rings is 1. The SMILES string of the molecule is Cc1cccc(SCCS(C)(=O)=O)c1N. The predicted octanol–water partition coefficient (Wildman–Crippen LogP) is 1.71. The Morgan fingerprint density at radius 1 is 1.40 bits per heavy atom. The van der Waals surface area contributed by atoms with Crippen LogP contribution in [0.4, 0.5) is 5.69 Å². The minimum absolute atomic E-state index is 0.186. The van der Waals surface area contributed by atoms with Crippen LogP contribution in [0.5, 0.6) is 0 Å². The van der Waals surface area contributed by atoms with E-state index in [0.29, 0.717) is 5.75 Å². The quantitative estimate of drug-likeness (QED) is 0.648. The van der Waals surface area contributed by atoms with Crippen molar-refractivity contribution in [3.8, 4) is 0 Å². The second-order valence-electron chi connectivity index (χ2n) is 3.47. The molecule has 1 aromatic carbocycles. The summed E-state index contributed by atoms with van der Waals surface area (Å²) in [6.45, 7) is 1.94. The summed E-state index contributed by atoms with van der Waals surface area (Å²) in [5.74, 6) is 0.734. The fourth-order valence-electron chi connectivity index (χ4n) is 1.08. The van der Waals surface area contributed by atoms with Crippen LogP contribution >= 0.6 is 11.8 Å². The maximum atomic E-state index is 10.9. The van der Waals surface area contributed by atoms with Crippen LogP contribution in [0.15, 0.2) is 23.1 Å². The van der Waals surface area contributed by atoms with Gasteiger partial charge in [-0.2, -0.15) is 0 Å². The number of nitrogens with two attached hydrogens (primary N) is 1. The molecule has 0 unspecified atom stereocenters. The van der Waals surface area contributed by atoms with Crippen LogP contribution in [0.2, 0.25) is 0 Å². The fraction of sp³-hybridized carbons (Fsp3) is 0.400. The van der Waals surface area contributed by atoms with Crippen molar-refractivity contribution in [3.63, 3.8) is 0 Å². The Morgan fingerprint density at radius 3 is 2.67 bits per heavy atom. The van der Waals surface area contributed by atoms with Crippen LogP contribution < -0.4 is 5.73 Å². The van der Waals surface area contributed by atoms with Gasteiger partial charge in [-0.3, -0.25) is 0 Å². The minimum atomic E-state index is -2.88. The fourth-order valence-corrected chi connectivity index (χ4v) is 3.34. The molecule has 0 spiro atoms. The first-order valence-electron chi connectivity index (χ1n) is 4.56. The Labute approximate surface area is 95.0 Å². The molecule has 0 radical (unpaired) electrons. The van der Waals surface area contributed by atoms with Gasteiger partial charge in [-0.1, -0.05) is 12.1 Å². The summed E-state index contributed by atoms with van der Waals surface area (Å²) in [4.78, 5) is 0.957. The molecule has 2 N–H and O–H groups in total. The number of nitrogen functional groups attached to an aromatic ring is 1. The van der Waals surface area contributed by atoms with E-state index in [4.69, 9.17) is 5.73 Å². The van der Waals surface area contributed by atoms with Gasteiger partial charge in [0.15, 0.2) is 0 Å². The van der Waals surface area contributed by atoms with Gasteiger partial charge in [-0.05, 0) is 18.6 Å².